The average molecular weight is 194 g/mol. The highest BCUT2D eigenvalue weighted by Gasteiger charge is 2.21. The van der Waals surface area contributed by atoms with Crippen molar-refractivity contribution in [2.45, 2.75) is 25.4 Å². The molecule has 1 N–H and O–H groups in total. The summed E-state index contributed by atoms with van der Waals surface area (Å²) < 4.78 is 5.36. The van der Waals surface area contributed by atoms with Gasteiger partial charge in [-0.2, -0.15) is 0 Å². The molecule has 2 heterocycles. The van der Waals surface area contributed by atoms with Crippen molar-refractivity contribution in [2.24, 2.45) is 0 Å². The van der Waals surface area contributed by atoms with Gasteiger partial charge in [0.1, 0.15) is 5.76 Å². The fourth-order valence-corrected chi connectivity index (χ4v) is 2.04. The summed E-state index contributed by atoms with van der Waals surface area (Å²) in [6.07, 6.45) is 2.97. The van der Waals surface area contributed by atoms with Gasteiger partial charge in [-0.15, -0.1) is 0 Å². The van der Waals surface area contributed by atoms with E-state index >= 15 is 0 Å². The third-order valence-electron chi connectivity index (χ3n) is 2.85. The molecular weight excluding hydrogens is 176 g/mol. The van der Waals surface area contributed by atoms with Gasteiger partial charge in [-0.3, -0.25) is 0 Å². The molecule has 1 saturated heterocycles. The predicted molar refractivity (Wildman–Crippen MR) is 56.2 cm³/mol. The van der Waals surface area contributed by atoms with E-state index in [0.717, 1.165) is 12.3 Å². The van der Waals surface area contributed by atoms with Gasteiger partial charge in [-0.25, -0.2) is 0 Å². The zero-order chi connectivity index (χ0) is 9.97. The van der Waals surface area contributed by atoms with Crippen LogP contribution in [0, 0.1) is 0 Å². The van der Waals surface area contributed by atoms with Crippen molar-refractivity contribution in [3.63, 3.8) is 0 Å². The first-order chi connectivity index (χ1) is 6.75. The maximum Gasteiger partial charge on any atom is 0.120 e. The molecule has 3 nitrogen and oxygen atoms in total. The van der Waals surface area contributed by atoms with Crippen LogP contribution in [0.5, 0.6) is 0 Å². The Balaban J connectivity index is 1.86. The van der Waals surface area contributed by atoms with Crippen LogP contribution in [0.25, 0.3) is 0 Å². The minimum absolute atomic E-state index is 0.321. The van der Waals surface area contributed by atoms with E-state index in [1.807, 2.05) is 12.1 Å². The van der Waals surface area contributed by atoms with E-state index in [-0.39, 0.29) is 0 Å². The summed E-state index contributed by atoms with van der Waals surface area (Å²) in [5.41, 5.74) is 0. The number of furan rings is 1. The molecule has 0 unspecified atom stereocenters. The fraction of sp³-hybridized carbons (Fsp3) is 0.636. The largest absolute Gasteiger partial charge is 0.468 e. The number of hydrogen-bond acceptors (Lipinski definition) is 3. The summed E-state index contributed by atoms with van der Waals surface area (Å²) >= 11 is 0. The quantitative estimate of drug-likeness (QED) is 0.793. The van der Waals surface area contributed by atoms with E-state index in [4.69, 9.17) is 4.42 Å². The second-order valence-electron chi connectivity index (χ2n) is 4.15. The average Bonchev–Trinajstić information content (AvgIpc) is 2.75. The monoisotopic (exact) mass is 194 g/mol. The number of likely N-dealkylation sites (N-methyl/N-ethyl adjacent to an activating group) is 1. The van der Waals surface area contributed by atoms with Crippen LogP contribution in [-0.4, -0.2) is 31.1 Å². The first-order valence-electron chi connectivity index (χ1n) is 5.23. The molecule has 2 atom stereocenters. The molecule has 0 bridgehead atoms. The van der Waals surface area contributed by atoms with Crippen molar-refractivity contribution in [3.05, 3.63) is 24.2 Å². The molecule has 0 spiro atoms. The lowest BCUT2D eigenvalue weighted by Crippen LogP contribution is -2.33. The summed E-state index contributed by atoms with van der Waals surface area (Å²) in [7, 11) is 2.17. The maximum atomic E-state index is 5.36. The molecule has 1 aliphatic rings. The Labute approximate surface area is 85.1 Å². The molecule has 0 aliphatic carbocycles. The lowest BCUT2D eigenvalue weighted by Gasteiger charge is -2.17. The SMILES string of the molecule is C[C@H](N[C@@H]1CCN(C)C1)c1ccco1. The van der Waals surface area contributed by atoms with E-state index < -0.39 is 0 Å². The number of likely N-dealkylation sites (tertiary alicyclic amines) is 1. The number of hydrogen-bond donors (Lipinski definition) is 1. The molecule has 0 saturated carbocycles. The third-order valence-corrected chi connectivity index (χ3v) is 2.85. The van der Waals surface area contributed by atoms with Gasteiger partial charge in [0.25, 0.3) is 0 Å². The van der Waals surface area contributed by atoms with Crippen molar-refractivity contribution in [1.82, 2.24) is 10.2 Å². The van der Waals surface area contributed by atoms with Crippen LogP contribution in [0.4, 0.5) is 0 Å². The van der Waals surface area contributed by atoms with Gasteiger partial charge in [0.2, 0.25) is 0 Å². The normalized spacial score (nSPS) is 25.4. The smallest absolute Gasteiger partial charge is 0.120 e. The summed E-state index contributed by atoms with van der Waals surface area (Å²) in [6, 6.07) is 4.89. The first kappa shape index (κ1) is 9.74. The third kappa shape index (κ3) is 2.16. The molecular formula is C11H18N2O. The van der Waals surface area contributed by atoms with Crippen molar-refractivity contribution < 1.29 is 4.42 Å². The summed E-state index contributed by atoms with van der Waals surface area (Å²) in [5.74, 6) is 1.03. The van der Waals surface area contributed by atoms with E-state index in [1.54, 1.807) is 6.26 Å². The molecule has 1 aromatic heterocycles. The molecule has 0 aromatic carbocycles. The summed E-state index contributed by atoms with van der Waals surface area (Å²) in [4.78, 5) is 2.35. The van der Waals surface area contributed by atoms with Gasteiger partial charge in [0.15, 0.2) is 0 Å². The summed E-state index contributed by atoms with van der Waals surface area (Å²) in [6.45, 7) is 4.49. The molecule has 3 heteroatoms. The van der Waals surface area contributed by atoms with E-state index in [1.165, 1.54) is 13.0 Å². The zero-order valence-electron chi connectivity index (χ0n) is 8.86. The van der Waals surface area contributed by atoms with Crippen LogP contribution in [0.1, 0.15) is 25.1 Å². The molecule has 0 amide bonds. The van der Waals surface area contributed by atoms with Gasteiger partial charge in [-0.1, -0.05) is 0 Å². The van der Waals surface area contributed by atoms with Crippen molar-refractivity contribution in [2.75, 3.05) is 20.1 Å². The van der Waals surface area contributed by atoms with Crippen molar-refractivity contribution in [1.29, 1.82) is 0 Å². The van der Waals surface area contributed by atoms with Crippen LogP contribution in [0.2, 0.25) is 0 Å². The molecule has 1 aliphatic heterocycles. The molecule has 78 valence electrons. The lowest BCUT2D eigenvalue weighted by molar-refractivity contribution is 0.365. The van der Waals surface area contributed by atoms with E-state index in [0.29, 0.717) is 12.1 Å². The second-order valence-corrected chi connectivity index (χ2v) is 4.15. The Kier molecular flexibility index (Phi) is 2.89. The zero-order valence-corrected chi connectivity index (χ0v) is 8.86. The maximum absolute atomic E-state index is 5.36. The Morgan fingerprint density at radius 3 is 3.07 bits per heavy atom. The second kappa shape index (κ2) is 4.15. The van der Waals surface area contributed by atoms with Crippen LogP contribution in [0.3, 0.4) is 0 Å². The Morgan fingerprint density at radius 1 is 1.64 bits per heavy atom. The molecule has 1 aromatic rings. The molecule has 14 heavy (non-hydrogen) atoms. The van der Waals surface area contributed by atoms with Crippen LogP contribution < -0.4 is 5.32 Å². The van der Waals surface area contributed by atoms with E-state index in [9.17, 15) is 0 Å². The Morgan fingerprint density at radius 2 is 2.50 bits per heavy atom. The van der Waals surface area contributed by atoms with Crippen LogP contribution in [0.15, 0.2) is 22.8 Å². The van der Waals surface area contributed by atoms with Gasteiger partial charge < -0.3 is 14.6 Å². The molecule has 0 radical (unpaired) electrons. The minimum Gasteiger partial charge on any atom is -0.468 e. The predicted octanol–water partition coefficient (Wildman–Crippen LogP) is 1.63. The highest BCUT2D eigenvalue weighted by molar-refractivity contribution is 5.03. The highest BCUT2D eigenvalue weighted by Crippen LogP contribution is 2.16. The van der Waals surface area contributed by atoms with Gasteiger partial charge >= 0.3 is 0 Å². The van der Waals surface area contributed by atoms with Crippen LogP contribution >= 0.6 is 0 Å². The number of nitrogens with zero attached hydrogens (tertiary/aromatic N) is 1. The van der Waals surface area contributed by atoms with Gasteiger partial charge in [0, 0.05) is 12.6 Å². The first-order valence-corrected chi connectivity index (χ1v) is 5.23. The number of nitrogens with one attached hydrogen (secondary N) is 1. The topological polar surface area (TPSA) is 28.4 Å². The van der Waals surface area contributed by atoms with Crippen molar-refractivity contribution in [3.8, 4) is 0 Å². The minimum atomic E-state index is 0.321. The lowest BCUT2D eigenvalue weighted by atomic mass is 10.2. The molecule has 2 rings (SSSR count). The van der Waals surface area contributed by atoms with E-state index in [2.05, 4.69) is 24.2 Å². The fourth-order valence-electron chi connectivity index (χ4n) is 2.04. The number of rotatable bonds is 3. The molecule has 1 fully saturated rings. The van der Waals surface area contributed by atoms with Gasteiger partial charge in [-0.05, 0) is 39.1 Å². The Bertz CT molecular complexity index is 271. The Hall–Kier alpha value is -0.800. The summed E-state index contributed by atoms with van der Waals surface area (Å²) in [5, 5.41) is 3.58. The van der Waals surface area contributed by atoms with Crippen LogP contribution in [-0.2, 0) is 0 Å². The van der Waals surface area contributed by atoms with Gasteiger partial charge in [0.05, 0.1) is 12.3 Å². The standard InChI is InChI=1S/C11H18N2O/c1-9(11-4-3-7-14-11)12-10-5-6-13(2)8-10/h3-4,7,9-10,12H,5-6,8H2,1-2H3/t9-,10+/m0/s1. The highest BCUT2D eigenvalue weighted by atomic mass is 16.3. The van der Waals surface area contributed by atoms with Crippen molar-refractivity contribution >= 4 is 0 Å².